The topological polar surface area (TPSA) is 89.4 Å². The fraction of sp³-hybridized carbons (Fsp3) is 0.583. The van der Waals surface area contributed by atoms with E-state index in [4.69, 9.17) is 9.51 Å². The zero-order chi connectivity index (χ0) is 30.3. The number of nitrogens with zero attached hydrogens (tertiary/aromatic N) is 6. The van der Waals surface area contributed by atoms with Crippen molar-refractivity contribution in [3.8, 4) is 11.1 Å². The summed E-state index contributed by atoms with van der Waals surface area (Å²) in [4.78, 5) is 25.9. The molecule has 9 heteroatoms. The van der Waals surface area contributed by atoms with Gasteiger partial charge in [0.2, 0.25) is 11.8 Å². The van der Waals surface area contributed by atoms with Gasteiger partial charge in [-0.3, -0.25) is 4.79 Å². The molecule has 10 rings (SSSR count). The molecule has 8 nitrogen and oxygen atoms in total. The Hall–Kier alpha value is -3.62. The molecule has 3 heterocycles. The summed E-state index contributed by atoms with van der Waals surface area (Å²) in [5.41, 5.74) is 3.73. The number of carbonyl (C=O) groups is 1. The Kier molecular flexibility index (Phi) is 6.43. The van der Waals surface area contributed by atoms with Crippen LogP contribution >= 0.6 is 0 Å². The molecule has 1 amide bonds. The summed E-state index contributed by atoms with van der Waals surface area (Å²) in [7, 11) is 0. The van der Waals surface area contributed by atoms with Crippen molar-refractivity contribution >= 4 is 17.2 Å². The van der Waals surface area contributed by atoms with Gasteiger partial charge in [-0.05, 0) is 118 Å². The molecule has 234 valence electrons. The zero-order valence-corrected chi connectivity index (χ0v) is 25.9. The summed E-state index contributed by atoms with van der Waals surface area (Å²) >= 11 is 0. The van der Waals surface area contributed by atoms with Crippen LogP contribution in [0.1, 0.15) is 94.1 Å². The van der Waals surface area contributed by atoms with Crippen molar-refractivity contribution in [1.82, 2.24) is 24.7 Å². The third-order valence-corrected chi connectivity index (χ3v) is 12.1. The number of aryl methyl sites for hydroxylation is 1. The lowest BCUT2D eigenvalue weighted by Gasteiger charge is -2.50. The quantitative estimate of drug-likeness (QED) is 0.220. The number of hydrogen-bond donors (Lipinski definition) is 0. The van der Waals surface area contributed by atoms with Gasteiger partial charge in [-0.2, -0.15) is 10.1 Å². The van der Waals surface area contributed by atoms with Gasteiger partial charge >= 0.3 is 0 Å². The highest BCUT2D eigenvalue weighted by atomic mass is 19.1. The van der Waals surface area contributed by atoms with Gasteiger partial charge < -0.3 is 9.42 Å². The monoisotopic (exact) mass is 608 g/mol. The smallest absolute Gasteiger partial charge is 0.232 e. The van der Waals surface area contributed by atoms with Gasteiger partial charge in [-0.25, -0.2) is 13.9 Å². The van der Waals surface area contributed by atoms with E-state index < -0.39 is 6.17 Å². The fourth-order valence-corrected chi connectivity index (χ4v) is 9.27. The first-order chi connectivity index (χ1) is 21.9. The Morgan fingerprint density at radius 2 is 1.91 bits per heavy atom. The van der Waals surface area contributed by atoms with Crippen LogP contribution in [0.15, 0.2) is 47.1 Å². The normalized spacial score (nSPS) is 32.3. The van der Waals surface area contributed by atoms with E-state index in [-0.39, 0.29) is 23.2 Å². The molecule has 0 spiro atoms. The lowest BCUT2D eigenvalue weighted by molar-refractivity contribution is -0.133. The van der Waals surface area contributed by atoms with Crippen molar-refractivity contribution < 1.29 is 13.7 Å². The van der Waals surface area contributed by atoms with Gasteiger partial charge in [0.1, 0.15) is 12.0 Å². The van der Waals surface area contributed by atoms with Crippen molar-refractivity contribution in [2.75, 3.05) is 11.4 Å². The molecule has 5 atom stereocenters. The minimum absolute atomic E-state index is 0.0293. The van der Waals surface area contributed by atoms with Crippen LogP contribution in [0.25, 0.3) is 16.8 Å². The summed E-state index contributed by atoms with van der Waals surface area (Å²) in [5.74, 6) is 4.18. The van der Waals surface area contributed by atoms with E-state index in [1.54, 1.807) is 0 Å². The molecule has 1 aromatic carbocycles. The van der Waals surface area contributed by atoms with E-state index in [9.17, 15) is 9.18 Å². The van der Waals surface area contributed by atoms with Crippen molar-refractivity contribution in [2.45, 2.75) is 95.1 Å². The molecule has 45 heavy (non-hydrogen) atoms. The highest BCUT2D eigenvalue weighted by Gasteiger charge is 2.52. The maximum absolute atomic E-state index is 15.0. The van der Waals surface area contributed by atoms with Crippen molar-refractivity contribution in [3.05, 3.63) is 60.1 Å². The molecule has 4 aromatic rings. The number of anilines is 1. The SMILES string of the molecule is Cc1nc2ccc(-c3cccc(N(CC4CCC5(c6nc(C7CC7)no6)CCCC4C5)C(=O)[C@@H]4CC(F)C5CC4C5)c3)cn2n1. The second-order valence-electron chi connectivity index (χ2n) is 14.9. The first kappa shape index (κ1) is 27.7. The van der Waals surface area contributed by atoms with E-state index in [0.29, 0.717) is 36.6 Å². The Labute approximate surface area is 262 Å². The number of benzene rings is 1. The fourth-order valence-electron chi connectivity index (χ4n) is 9.27. The number of amides is 1. The summed E-state index contributed by atoms with van der Waals surface area (Å²) in [6.07, 6.45) is 12.0. The molecule has 4 unspecified atom stereocenters. The van der Waals surface area contributed by atoms with E-state index in [2.05, 4.69) is 39.5 Å². The zero-order valence-electron chi connectivity index (χ0n) is 25.9. The van der Waals surface area contributed by atoms with Crippen LogP contribution in [0.2, 0.25) is 0 Å². The number of carbonyl (C=O) groups excluding carboxylic acids is 1. The number of alkyl halides is 1. The Morgan fingerprint density at radius 3 is 2.76 bits per heavy atom. The highest BCUT2D eigenvalue weighted by Crippen LogP contribution is 2.54. The van der Waals surface area contributed by atoms with Gasteiger partial charge in [0.25, 0.3) is 0 Å². The molecule has 0 aliphatic heterocycles. The van der Waals surface area contributed by atoms with Crippen LogP contribution in [0, 0.1) is 36.5 Å². The second kappa shape index (κ2) is 10.5. The number of rotatable bonds is 7. The molecule has 6 aliphatic carbocycles. The number of aromatic nitrogens is 5. The maximum Gasteiger partial charge on any atom is 0.232 e. The van der Waals surface area contributed by atoms with Gasteiger partial charge in [0.15, 0.2) is 11.5 Å². The molecule has 0 radical (unpaired) electrons. The van der Waals surface area contributed by atoms with E-state index >= 15 is 0 Å². The van der Waals surface area contributed by atoms with Crippen LogP contribution in [0.3, 0.4) is 0 Å². The van der Waals surface area contributed by atoms with Crippen LogP contribution in [-0.4, -0.2) is 43.4 Å². The number of fused-ring (bicyclic) bond motifs is 5. The van der Waals surface area contributed by atoms with E-state index in [1.165, 1.54) is 12.8 Å². The van der Waals surface area contributed by atoms with E-state index in [0.717, 1.165) is 91.4 Å². The average Bonchev–Trinajstić information content (AvgIpc) is 3.62. The minimum atomic E-state index is -0.862. The predicted molar refractivity (Wildman–Crippen MR) is 167 cm³/mol. The maximum atomic E-state index is 15.0. The Balaban J connectivity index is 1.02. The van der Waals surface area contributed by atoms with Crippen LogP contribution in [0.5, 0.6) is 0 Å². The average molecular weight is 609 g/mol. The molecule has 6 saturated carbocycles. The summed E-state index contributed by atoms with van der Waals surface area (Å²) in [5, 5.41) is 8.87. The van der Waals surface area contributed by atoms with Crippen molar-refractivity contribution in [3.63, 3.8) is 0 Å². The second-order valence-corrected chi connectivity index (χ2v) is 14.9. The highest BCUT2D eigenvalue weighted by molar-refractivity contribution is 5.96. The lowest BCUT2D eigenvalue weighted by Crippen LogP contribution is -2.52. The third kappa shape index (κ3) is 4.79. The Bertz CT molecular complexity index is 1760. The number of hydrogen-bond acceptors (Lipinski definition) is 6. The first-order valence-corrected chi connectivity index (χ1v) is 17.2. The minimum Gasteiger partial charge on any atom is -0.339 e. The van der Waals surface area contributed by atoms with Gasteiger partial charge in [0, 0.05) is 41.2 Å². The van der Waals surface area contributed by atoms with E-state index in [1.807, 2.05) is 34.7 Å². The number of halogens is 1. The summed E-state index contributed by atoms with van der Waals surface area (Å²) in [6.45, 7) is 2.56. The van der Waals surface area contributed by atoms with Crippen LogP contribution < -0.4 is 4.90 Å². The Morgan fingerprint density at radius 1 is 1.02 bits per heavy atom. The van der Waals surface area contributed by atoms with Crippen molar-refractivity contribution in [1.29, 1.82) is 0 Å². The molecular formula is C36H41FN6O2. The van der Waals surface area contributed by atoms with Crippen LogP contribution in [0.4, 0.5) is 10.1 Å². The predicted octanol–water partition coefficient (Wildman–Crippen LogP) is 7.22. The molecule has 6 fully saturated rings. The largest absolute Gasteiger partial charge is 0.339 e. The lowest BCUT2D eigenvalue weighted by atomic mass is 9.58. The molecular weight excluding hydrogens is 567 g/mol. The van der Waals surface area contributed by atoms with Gasteiger partial charge in [-0.1, -0.05) is 30.1 Å². The third-order valence-electron chi connectivity index (χ3n) is 12.1. The molecule has 6 aliphatic rings. The molecule has 3 aromatic heterocycles. The first-order valence-electron chi connectivity index (χ1n) is 17.2. The van der Waals surface area contributed by atoms with Crippen molar-refractivity contribution in [2.24, 2.45) is 29.6 Å². The van der Waals surface area contributed by atoms with Gasteiger partial charge in [0.05, 0.1) is 0 Å². The molecule has 0 N–H and O–H groups in total. The van der Waals surface area contributed by atoms with Gasteiger partial charge in [-0.15, -0.1) is 0 Å². The summed E-state index contributed by atoms with van der Waals surface area (Å²) in [6, 6.07) is 12.4. The molecule has 4 bridgehead atoms. The van der Waals surface area contributed by atoms with Crippen LogP contribution in [-0.2, 0) is 10.2 Å². The number of pyridine rings is 1. The standard InChI is InChI=1S/C36H41FN6O2/c1-21-38-32-10-9-25(20-43(32)40-21)23-4-2-6-29(16-23)42(34(44)30-17-31(37)28-14-27(30)15-28)19-26-11-13-36(12-3-5-24(26)18-36)35-39-33(41-45-35)22-7-8-22/h2,4,6,9-10,16,20,22,24,26-28,30-31H,3,5,7-8,11-15,17-19H2,1H3/t24?,26?,27?,28?,30-,31?,36?/m1/s1. The molecule has 0 saturated heterocycles. The summed E-state index contributed by atoms with van der Waals surface area (Å²) < 4.78 is 22.7.